The number of urea groups is 1. The minimum absolute atomic E-state index is 0.0259. The van der Waals surface area contributed by atoms with Crippen LogP contribution in [0.1, 0.15) is 30.4 Å². The summed E-state index contributed by atoms with van der Waals surface area (Å²) >= 11 is 0. The van der Waals surface area contributed by atoms with Gasteiger partial charge in [-0.3, -0.25) is 0 Å². The van der Waals surface area contributed by atoms with E-state index >= 15 is 0 Å². The molecule has 0 saturated carbocycles. The Morgan fingerprint density at radius 1 is 1.25 bits per heavy atom. The molecule has 7 heteroatoms. The van der Waals surface area contributed by atoms with E-state index in [2.05, 4.69) is 6.07 Å². The fourth-order valence-electron chi connectivity index (χ4n) is 4.54. The van der Waals surface area contributed by atoms with Gasteiger partial charge in [0.1, 0.15) is 0 Å². The van der Waals surface area contributed by atoms with E-state index < -0.39 is 5.97 Å². The van der Waals surface area contributed by atoms with Gasteiger partial charge in [0, 0.05) is 19.1 Å². The SMILES string of the molecule is COC(=O)C1=C(c2cccc(C#N)c2)C[C@@H]2CC[C@H]1N2C(=O)N1CCOCC1. The Hall–Kier alpha value is -2.85. The third kappa shape index (κ3) is 3.14. The first-order valence-electron chi connectivity index (χ1n) is 9.61. The summed E-state index contributed by atoms with van der Waals surface area (Å²) in [4.78, 5) is 29.6. The molecule has 4 rings (SSSR count). The molecule has 1 aromatic rings. The lowest BCUT2D eigenvalue weighted by molar-refractivity contribution is -0.136. The van der Waals surface area contributed by atoms with Gasteiger partial charge in [0.15, 0.2) is 0 Å². The maximum atomic E-state index is 13.2. The van der Waals surface area contributed by atoms with Gasteiger partial charge in [0.25, 0.3) is 0 Å². The van der Waals surface area contributed by atoms with Crippen molar-refractivity contribution < 1.29 is 19.1 Å². The van der Waals surface area contributed by atoms with Gasteiger partial charge in [-0.15, -0.1) is 0 Å². The molecular weight excluding hydrogens is 358 g/mol. The molecule has 146 valence electrons. The van der Waals surface area contributed by atoms with Gasteiger partial charge in [-0.1, -0.05) is 12.1 Å². The van der Waals surface area contributed by atoms with Crippen LogP contribution in [0.3, 0.4) is 0 Å². The molecule has 28 heavy (non-hydrogen) atoms. The van der Waals surface area contributed by atoms with Gasteiger partial charge < -0.3 is 19.3 Å². The molecule has 7 nitrogen and oxygen atoms in total. The van der Waals surface area contributed by atoms with E-state index in [4.69, 9.17) is 9.47 Å². The predicted octanol–water partition coefficient (Wildman–Crippen LogP) is 2.17. The van der Waals surface area contributed by atoms with Crippen LogP contribution in [0.5, 0.6) is 0 Å². The zero-order valence-corrected chi connectivity index (χ0v) is 15.9. The lowest BCUT2D eigenvalue weighted by Gasteiger charge is -2.41. The average Bonchev–Trinajstić information content (AvgIpc) is 3.06. The highest BCUT2D eigenvalue weighted by atomic mass is 16.5. The molecule has 2 saturated heterocycles. The van der Waals surface area contributed by atoms with Crippen LogP contribution in [-0.2, 0) is 14.3 Å². The van der Waals surface area contributed by atoms with Gasteiger partial charge in [-0.2, -0.15) is 5.26 Å². The number of fused-ring (bicyclic) bond motifs is 2. The smallest absolute Gasteiger partial charge is 0.336 e. The van der Waals surface area contributed by atoms with Crippen molar-refractivity contribution in [2.24, 2.45) is 0 Å². The van der Waals surface area contributed by atoms with Crippen LogP contribution in [0.15, 0.2) is 29.8 Å². The Morgan fingerprint density at radius 3 is 2.75 bits per heavy atom. The Balaban J connectivity index is 1.73. The van der Waals surface area contributed by atoms with E-state index in [1.54, 1.807) is 12.1 Å². The zero-order chi connectivity index (χ0) is 19.7. The number of hydrogen-bond acceptors (Lipinski definition) is 5. The van der Waals surface area contributed by atoms with E-state index in [0.717, 1.165) is 24.0 Å². The first-order chi connectivity index (χ1) is 13.6. The average molecular weight is 381 g/mol. The van der Waals surface area contributed by atoms with Crippen LogP contribution >= 0.6 is 0 Å². The van der Waals surface area contributed by atoms with Crippen LogP contribution < -0.4 is 0 Å². The minimum atomic E-state index is -0.400. The number of carbonyl (C=O) groups excluding carboxylic acids is 2. The van der Waals surface area contributed by atoms with Crippen LogP contribution in [0.4, 0.5) is 4.79 Å². The molecule has 2 bridgehead atoms. The molecule has 2 fully saturated rings. The van der Waals surface area contributed by atoms with Crippen molar-refractivity contribution in [3.8, 4) is 6.07 Å². The molecule has 0 N–H and O–H groups in total. The second-order valence-electron chi connectivity index (χ2n) is 7.32. The number of nitriles is 1. The lowest BCUT2D eigenvalue weighted by Crippen LogP contribution is -2.54. The number of amides is 2. The number of morpholine rings is 1. The summed E-state index contributed by atoms with van der Waals surface area (Å²) in [5, 5.41) is 9.23. The summed E-state index contributed by atoms with van der Waals surface area (Å²) in [6.07, 6.45) is 2.18. The van der Waals surface area contributed by atoms with E-state index in [0.29, 0.717) is 43.9 Å². The number of esters is 1. The number of methoxy groups -OCH3 is 1. The lowest BCUT2D eigenvalue weighted by atomic mass is 9.88. The first-order valence-corrected chi connectivity index (χ1v) is 9.61. The van der Waals surface area contributed by atoms with E-state index in [1.807, 2.05) is 21.9 Å². The molecule has 0 aliphatic carbocycles. The van der Waals surface area contributed by atoms with E-state index in [-0.39, 0.29) is 18.1 Å². The molecule has 0 radical (unpaired) electrons. The van der Waals surface area contributed by atoms with Gasteiger partial charge in [-0.25, -0.2) is 9.59 Å². The number of nitrogens with zero attached hydrogens (tertiary/aromatic N) is 3. The molecule has 3 aliphatic rings. The molecule has 3 aliphatic heterocycles. The maximum absolute atomic E-state index is 13.2. The summed E-state index contributed by atoms with van der Waals surface area (Å²) in [5.74, 6) is -0.400. The molecular formula is C21H23N3O4. The standard InChI is InChI=1S/C21H23N3O4/c1-27-20(25)19-17(15-4-2-3-14(11-15)13-22)12-16-5-6-18(19)24(16)21(26)23-7-9-28-10-8-23/h2-4,11,16,18H,5-10,12H2,1H3/t16-,18+/m0/s1. The molecule has 0 unspecified atom stereocenters. The van der Waals surface area contributed by atoms with Crippen molar-refractivity contribution in [2.45, 2.75) is 31.3 Å². The summed E-state index contributed by atoms with van der Waals surface area (Å²) < 4.78 is 10.4. The second kappa shape index (κ2) is 7.64. The van der Waals surface area contributed by atoms with Crippen LogP contribution in [0, 0.1) is 11.3 Å². The highest BCUT2D eigenvalue weighted by molar-refractivity contribution is 6.01. The molecule has 1 aromatic carbocycles. The Labute approximate surface area is 164 Å². The maximum Gasteiger partial charge on any atom is 0.336 e. The predicted molar refractivity (Wildman–Crippen MR) is 101 cm³/mol. The zero-order valence-electron chi connectivity index (χ0n) is 15.9. The number of hydrogen-bond donors (Lipinski definition) is 0. The van der Waals surface area contributed by atoms with Crippen LogP contribution in [0.25, 0.3) is 5.57 Å². The molecule has 2 amide bonds. The van der Waals surface area contributed by atoms with Crippen LogP contribution in [0.2, 0.25) is 0 Å². The monoisotopic (exact) mass is 381 g/mol. The Kier molecular flexibility index (Phi) is 5.05. The Morgan fingerprint density at radius 2 is 2.04 bits per heavy atom. The largest absolute Gasteiger partial charge is 0.466 e. The Bertz CT molecular complexity index is 867. The van der Waals surface area contributed by atoms with E-state index in [1.165, 1.54) is 7.11 Å². The van der Waals surface area contributed by atoms with Crippen molar-refractivity contribution in [1.82, 2.24) is 9.80 Å². The topological polar surface area (TPSA) is 82.9 Å². The van der Waals surface area contributed by atoms with Crippen molar-refractivity contribution in [3.63, 3.8) is 0 Å². The number of ether oxygens (including phenoxy) is 2. The summed E-state index contributed by atoms with van der Waals surface area (Å²) in [6.45, 7) is 2.23. The first kappa shape index (κ1) is 18.5. The summed E-state index contributed by atoms with van der Waals surface area (Å²) in [5.41, 5.74) is 2.85. The van der Waals surface area contributed by atoms with Gasteiger partial charge >= 0.3 is 12.0 Å². The van der Waals surface area contributed by atoms with Crippen molar-refractivity contribution in [1.29, 1.82) is 5.26 Å². The number of carbonyl (C=O) groups is 2. The number of rotatable bonds is 2. The molecule has 0 aromatic heterocycles. The summed E-state index contributed by atoms with van der Waals surface area (Å²) in [6, 6.07) is 9.17. The van der Waals surface area contributed by atoms with Gasteiger partial charge in [0.2, 0.25) is 0 Å². The van der Waals surface area contributed by atoms with Gasteiger partial charge in [-0.05, 0) is 42.5 Å². The van der Waals surface area contributed by atoms with Crippen molar-refractivity contribution in [3.05, 3.63) is 41.0 Å². The third-order valence-corrected chi connectivity index (χ3v) is 5.85. The van der Waals surface area contributed by atoms with Crippen molar-refractivity contribution >= 4 is 17.6 Å². The molecule has 3 heterocycles. The molecule has 0 spiro atoms. The minimum Gasteiger partial charge on any atom is -0.466 e. The highest BCUT2D eigenvalue weighted by Crippen LogP contribution is 2.44. The normalized spacial score (nSPS) is 24.1. The van der Waals surface area contributed by atoms with Gasteiger partial charge in [0.05, 0.1) is 43.6 Å². The third-order valence-electron chi connectivity index (χ3n) is 5.85. The summed E-state index contributed by atoms with van der Waals surface area (Å²) in [7, 11) is 1.37. The molecule has 2 atom stereocenters. The van der Waals surface area contributed by atoms with E-state index in [9.17, 15) is 14.9 Å². The quantitative estimate of drug-likeness (QED) is 0.733. The van der Waals surface area contributed by atoms with Crippen molar-refractivity contribution in [2.75, 3.05) is 33.4 Å². The highest BCUT2D eigenvalue weighted by Gasteiger charge is 2.47. The second-order valence-corrected chi connectivity index (χ2v) is 7.32. The fraction of sp³-hybridized carbons (Fsp3) is 0.476. The number of benzene rings is 1. The fourth-order valence-corrected chi connectivity index (χ4v) is 4.54. The van der Waals surface area contributed by atoms with Crippen LogP contribution in [-0.4, -0.2) is 67.3 Å².